The first-order chi connectivity index (χ1) is 41.5. The van der Waals surface area contributed by atoms with Crippen LogP contribution < -0.4 is 10.2 Å². The van der Waals surface area contributed by atoms with E-state index in [4.69, 9.17) is 9.05 Å². The Morgan fingerprint density at radius 3 is 1.05 bits per heavy atom. The van der Waals surface area contributed by atoms with Gasteiger partial charge in [0.25, 0.3) is 7.82 Å². The number of likely N-dealkylation sites (N-methyl/N-ethyl adjacent to an activating group) is 1. The molecule has 0 saturated heterocycles. The Kier molecular flexibility index (Phi) is 65.7. The van der Waals surface area contributed by atoms with Gasteiger partial charge in [-0.3, -0.25) is 9.36 Å². The number of hydrogen-bond acceptors (Lipinski definition) is 6. The number of aliphatic hydroxyl groups excluding tert-OH is 1. The average Bonchev–Trinajstić information content (AvgIpc) is 3.49. The minimum absolute atomic E-state index is 0.0139. The SMILES string of the molecule is CC/C=C\C/C=C\C/C=C\C/C=C\CCCCCCCCCCCCCCCCCCCCCCC(=O)NC(COP(=O)([O-])OCC[N+](C)(C)C)C(O)CCCCCCCCCCCCCCCCCCCCCCCCCCCCCCCC. The highest BCUT2D eigenvalue weighted by Gasteiger charge is 2.24. The summed E-state index contributed by atoms with van der Waals surface area (Å²) in [5, 5.41) is 14.1. The van der Waals surface area contributed by atoms with Crippen molar-refractivity contribution in [3.63, 3.8) is 0 Å². The van der Waals surface area contributed by atoms with E-state index >= 15 is 0 Å². The highest BCUT2D eigenvalue weighted by molar-refractivity contribution is 7.45. The van der Waals surface area contributed by atoms with Crippen LogP contribution in [0.25, 0.3) is 0 Å². The molecule has 1 amide bonds. The lowest BCUT2D eigenvalue weighted by atomic mass is 10.0. The molecule has 0 aliphatic rings. The van der Waals surface area contributed by atoms with Crippen LogP contribution >= 0.6 is 7.82 Å². The molecule has 0 heterocycles. The molecule has 3 unspecified atom stereocenters. The lowest BCUT2D eigenvalue weighted by Crippen LogP contribution is -2.46. The third-order valence-electron chi connectivity index (χ3n) is 17.3. The number of phosphoric acid groups is 1. The van der Waals surface area contributed by atoms with Crippen LogP contribution in [0.2, 0.25) is 0 Å². The predicted octanol–water partition coefficient (Wildman–Crippen LogP) is 23.5. The number of nitrogens with one attached hydrogen (secondary N) is 1. The maximum atomic E-state index is 13.1. The Morgan fingerprint density at radius 1 is 0.424 bits per heavy atom. The molecule has 2 N–H and O–H groups in total. The number of allylic oxidation sites excluding steroid dienone is 8. The van der Waals surface area contributed by atoms with Crippen LogP contribution in [0.5, 0.6) is 0 Å². The fourth-order valence-corrected chi connectivity index (χ4v) is 12.3. The Hall–Kier alpha value is -1.54. The van der Waals surface area contributed by atoms with Gasteiger partial charge < -0.3 is 28.8 Å². The van der Waals surface area contributed by atoms with Crippen molar-refractivity contribution in [2.24, 2.45) is 0 Å². The Morgan fingerprint density at radius 2 is 0.718 bits per heavy atom. The molecule has 0 saturated carbocycles. The number of phosphoric ester groups is 1. The van der Waals surface area contributed by atoms with Gasteiger partial charge in [0.05, 0.1) is 39.9 Å². The normalized spacial score (nSPS) is 13.8. The molecule has 0 radical (unpaired) electrons. The monoisotopic (exact) mass is 1220 g/mol. The van der Waals surface area contributed by atoms with Gasteiger partial charge in [-0.05, 0) is 51.4 Å². The van der Waals surface area contributed by atoms with Gasteiger partial charge in [0.2, 0.25) is 5.91 Å². The summed E-state index contributed by atoms with van der Waals surface area (Å²) in [6.07, 6.45) is 90.7. The average molecular weight is 1220 g/mol. The second-order valence-corrected chi connectivity index (χ2v) is 28.4. The van der Waals surface area contributed by atoms with Crippen molar-refractivity contribution >= 4 is 13.7 Å². The second kappa shape index (κ2) is 66.9. The minimum Gasteiger partial charge on any atom is -0.756 e. The number of aliphatic hydroxyl groups is 1. The van der Waals surface area contributed by atoms with Gasteiger partial charge in [-0.15, -0.1) is 0 Å². The largest absolute Gasteiger partial charge is 0.756 e. The summed E-state index contributed by atoms with van der Waals surface area (Å²) in [6.45, 7) is 4.67. The number of unbranched alkanes of at least 4 members (excludes halogenated alkanes) is 49. The molecule has 0 aliphatic carbocycles. The van der Waals surface area contributed by atoms with Gasteiger partial charge in [0.15, 0.2) is 0 Å². The van der Waals surface area contributed by atoms with Gasteiger partial charge in [-0.2, -0.15) is 0 Å². The Balaban J connectivity index is 3.96. The topological polar surface area (TPSA) is 108 Å². The minimum atomic E-state index is -4.58. The number of carbonyl (C=O) groups excluding carboxylic acids is 1. The summed E-state index contributed by atoms with van der Waals surface area (Å²) in [4.78, 5) is 25.7. The fourth-order valence-electron chi connectivity index (χ4n) is 11.6. The van der Waals surface area contributed by atoms with Gasteiger partial charge >= 0.3 is 0 Å². The zero-order valence-electron chi connectivity index (χ0n) is 57.6. The van der Waals surface area contributed by atoms with Crippen LogP contribution in [0.15, 0.2) is 48.6 Å². The summed E-state index contributed by atoms with van der Waals surface area (Å²) in [7, 11) is 1.32. The number of amides is 1. The van der Waals surface area contributed by atoms with Crippen molar-refractivity contribution in [1.29, 1.82) is 0 Å². The highest BCUT2D eigenvalue weighted by Crippen LogP contribution is 2.38. The summed E-state index contributed by atoms with van der Waals surface area (Å²) >= 11 is 0. The first-order valence-electron chi connectivity index (χ1n) is 37.5. The van der Waals surface area contributed by atoms with E-state index in [-0.39, 0.29) is 19.1 Å². The quantitative estimate of drug-likeness (QED) is 0.0272. The zero-order valence-corrected chi connectivity index (χ0v) is 58.5. The summed E-state index contributed by atoms with van der Waals surface area (Å²) < 4.78 is 23.6. The maximum absolute atomic E-state index is 13.1. The third-order valence-corrected chi connectivity index (χ3v) is 18.3. The van der Waals surface area contributed by atoms with Crippen molar-refractivity contribution in [2.45, 2.75) is 392 Å². The molecule has 0 aromatic heterocycles. The van der Waals surface area contributed by atoms with E-state index < -0.39 is 20.0 Å². The van der Waals surface area contributed by atoms with Crippen molar-refractivity contribution in [3.05, 3.63) is 48.6 Å². The van der Waals surface area contributed by atoms with Gasteiger partial charge in [0, 0.05) is 6.42 Å². The van der Waals surface area contributed by atoms with E-state index in [1.54, 1.807) is 0 Å². The van der Waals surface area contributed by atoms with Crippen LogP contribution in [-0.4, -0.2) is 68.5 Å². The van der Waals surface area contributed by atoms with E-state index in [1.165, 1.54) is 289 Å². The van der Waals surface area contributed by atoms with Crippen LogP contribution in [0, 0.1) is 0 Å². The summed E-state index contributed by atoms with van der Waals surface area (Å²) in [5.41, 5.74) is 0. The lowest BCUT2D eigenvalue weighted by Gasteiger charge is -2.30. The molecule has 0 rings (SSSR count). The van der Waals surface area contributed by atoms with E-state index in [1.807, 2.05) is 21.1 Å². The van der Waals surface area contributed by atoms with Gasteiger partial charge in [0.1, 0.15) is 13.2 Å². The van der Waals surface area contributed by atoms with E-state index in [0.717, 1.165) is 64.2 Å². The molecule has 0 spiro atoms. The van der Waals surface area contributed by atoms with E-state index in [0.29, 0.717) is 23.9 Å². The van der Waals surface area contributed by atoms with Crippen LogP contribution in [0.3, 0.4) is 0 Å². The van der Waals surface area contributed by atoms with Gasteiger partial charge in [-0.25, -0.2) is 0 Å². The molecule has 85 heavy (non-hydrogen) atoms. The van der Waals surface area contributed by atoms with Gasteiger partial charge in [-0.1, -0.05) is 371 Å². The number of carbonyl (C=O) groups is 1. The molecule has 0 fully saturated rings. The van der Waals surface area contributed by atoms with Crippen molar-refractivity contribution in [3.8, 4) is 0 Å². The number of nitrogens with zero attached hydrogens (tertiary/aromatic N) is 1. The molecule has 0 aromatic rings. The fraction of sp³-hybridized carbons (Fsp3) is 0.882. The van der Waals surface area contributed by atoms with Crippen molar-refractivity contribution in [2.75, 3.05) is 40.9 Å². The molecule has 0 bridgehead atoms. The lowest BCUT2D eigenvalue weighted by molar-refractivity contribution is -0.870. The number of rotatable bonds is 70. The van der Waals surface area contributed by atoms with E-state index in [2.05, 4.69) is 67.8 Å². The van der Waals surface area contributed by atoms with Crippen LogP contribution in [0.1, 0.15) is 380 Å². The summed E-state index contributed by atoms with van der Waals surface area (Å²) in [6, 6.07) is -0.802. The van der Waals surface area contributed by atoms with Crippen LogP contribution in [-0.2, 0) is 18.4 Å². The predicted molar refractivity (Wildman–Crippen MR) is 371 cm³/mol. The highest BCUT2D eigenvalue weighted by atomic mass is 31.2. The Bertz CT molecular complexity index is 1530. The van der Waals surface area contributed by atoms with E-state index in [9.17, 15) is 19.4 Å². The summed E-state index contributed by atoms with van der Waals surface area (Å²) in [5.74, 6) is -0.157. The van der Waals surface area contributed by atoms with Crippen molar-refractivity contribution in [1.82, 2.24) is 5.32 Å². The first kappa shape index (κ1) is 83.5. The first-order valence-corrected chi connectivity index (χ1v) is 38.9. The molecule has 0 aromatic carbocycles. The second-order valence-electron chi connectivity index (χ2n) is 27.0. The molecular weight excluding hydrogens is 1070 g/mol. The Labute approximate surface area is 530 Å². The van der Waals surface area contributed by atoms with Crippen molar-refractivity contribution < 1.29 is 32.9 Å². The smallest absolute Gasteiger partial charge is 0.268 e. The molecule has 502 valence electrons. The molecule has 0 aliphatic heterocycles. The molecular formula is C76H147N2O6P. The molecule has 3 atom stereocenters. The molecule has 9 heteroatoms. The standard InChI is InChI=1S/C76H147N2O6P/c1-6-8-10-12-14-16-18-20-22-24-26-28-30-32-34-36-38-39-40-42-44-46-48-50-52-54-56-58-60-62-64-66-68-70-76(80)77-74(73-84-85(81,82)83-72-71-78(3,4)5)75(79)69-67-65-63-61-59-57-55-53-51-49-47-45-43-41-37-35-33-31-29-27-25-23-21-19-17-15-13-11-9-7-2/h8,10,14,16,20,22,26,28,74-75,79H,6-7,9,11-13,15,17-19,21,23-25,27,29-73H2,1-5H3,(H-,77,80,81,82)/b10-8-,16-14-,22-20-,28-26-. The maximum Gasteiger partial charge on any atom is 0.268 e. The molecule has 8 nitrogen and oxygen atoms in total. The zero-order chi connectivity index (χ0) is 61.9. The van der Waals surface area contributed by atoms with Crippen LogP contribution in [0.4, 0.5) is 0 Å². The number of hydrogen-bond donors (Lipinski definition) is 2. The number of quaternary nitrogens is 1. The third kappa shape index (κ3) is 69.8.